The molecule has 1 amide bonds. The Labute approximate surface area is 113 Å². The fourth-order valence-electron chi connectivity index (χ4n) is 2.41. The summed E-state index contributed by atoms with van der Waals surface area (Å²) in [7, 11) is 1.65. The van der Waals surface area contributed by atoms with Crippen LogP contribution in [0.3, 0.4) is 0 Å². The molecular formula is C15H20N2O2. The minimum absolute atomic E-state index is 0.0361. The van der Waals surface area contributed by atoms with Crippen LogP contribution in [-0.2, 0) is 11.2 Å². The summed E-state index contributed by atoms with van der Waals surface area (Å²) in [5.41, 5.74) is 7.98. The number of anilines is 1. The third-order valence-corrected chi connectivity index (χ3v) is 3.41. The minimum atomic E-state index is -0.509. The van der Waals surface area contributed by atoms with Gasteiger partial charge in [0.25, 0.3) is 0 Å². The van der Waals surface area contributed by atoms with E-state index in [0.29, 0.717) is 6.42 Å². The molecule has 1 unspecified atom stereocenters. The number of rotatable bonds is 4. The second-order valence-electron chi connectivity index (χ2n) is 4.72. The maximum absolute atomic E-state index is 12.3. The molecule has 1 atom stereocenters. The number of benzene rings is 1. The molecule has 0 bridgehead atoms. The van der Waals surface area contributed by atoms with E-state index in [-0.39, 0.29) is 5.91 Å². The number of hydrogen-bond acceptors (Lipinski definition) is 3. The van der Waals surface area contributed by atoms with Gasteiger partial charge in [0.1, 0.15) is 5.75 Å². The van der Waals surface area contributed by atoms with Crippen molar-refractivity contribution in [3.05, 3.63) is 36.4 Å². The second-order valence-corrected chi connectivity index (χ2v) is 4.72. The number of methoxy groups -OCH3 is 1. The molecule has 1 aromatic carbocycles. The highest BCUT2D eigenvalue weighted by Crippen LogP contribution is 2.30. The normalized spacial score (nSPS) is 15.6. The van der Waals surface area contributed by atoms with Gasteiger partial charge in [-0.2, -0.15) is 0 Å². The van der Waals surface area contributed by atoms with E-state index in [2.05, 4.69) is 6.58 Å². The smallest absolute Gasteiger partial charge is 0.244 e. The van der Waals surface area contributed by atoms with Gasteiger partial charge in [-0.15, -0.1) is 6.58 Å². The van der Waals surface area contributed by atoms with E-state index in [4.69, 9.17) is 10.5 Å². The van der Waals surface area contributed by atoms with Crippen LogP contribution in [0.2, 0.25) is 0 Å². The van der Waals surface area contributed by atoms with Crippen molar-refractivity contribution in [2.75, 3.05) is 18.6 Å². The lowest BCUT2D eigenvalue weighted by atomic mass is 10.00. The SMILES string of the molecule is C=CCC(N)C(=O)N1CCCc2cc(OC)ccc21. The Kier molecular flexibility index (Phi) is 4.22. The Hall–Kier alpha value is -1.81. The van der Waals surface area contributed by atoms with Crippen molar-refractivity contribution in [2.45, 2.75) is 25.3 Å². The molecule has 0 fully saturated rings. The molecule has 102 valence electrons. The van der Waals surface area contributed by atoms with Crippen molar-refractivity contribution >= 4 is 11.6 Å². The van der Waals surface area contributed by atoms with E-state index in [1.807, 2.05) is 18.2 Å². The van der Waals surface area contributed by atoms with Crippen LogP contribution in [0.25, 0.3) is 0 Å². The molecular weight excluding hydrogens is 240 g/mol. The molecule has 4 heteroatoms. The Morgan fingerprint density at radius 2 is 2.42 bits per heavy atom. The first-order chi connectivity index (χ1) is 9.17. The zero-order valence-electron chi connectivity index (χ0n) is 11.3. The van der Waals surface area contributed by atoms with E-state index in [0.717, 1.165) is 36.4 Å². The molecule has 1 aromatic rings. The van der Waals surface area contributed by atoms with E-state index in [9.17, 15) is 4.79 Å². The van der Waals surface area contributed by atoms with Gasteiger partial charge < -0.3 is 15.4 Å². The maximum atomic E-state index is 12.3. The van der Waals surface area contributed by atoms with Crippen LogP contribution in [0.4, 0.5) is 5.69 Å². The van der Waals surface area contributed by atoms with Crippen LogP contribution in [0.5, 0.6) is 5.75 Å². The molecule has 1 aliphatic rings. The molecule has 4 nitrogen and oxygen atoms in total. The molecule has 0 saturated heterocycles. The van der Waals surface area contributed by atoms with Gasteiger partial charge in [0, 0.05) is 12.2 Å². The van der Waals surface area contributed by atoms with Crippen molar-refractivity contribution in [2.24, 2.45) is 5.73 Å². The Balaban J connectivity index is 2.26. The minimum Gasteiger partial charge on any atom is -0.497 e. The topological polar surface area (TPSA) is 55.6 Å². The fraction of sp³-hybridized carbons (Fsp3) is 0.400. The average molecular weight is 260 g/mol. The predicted molar refractivity (Wildman–Crippen MR) is 76.5 cm³/mol. The van der Waals surface area contributed by atoms with E-state index in [1.165, 1.54) is 0 Å². The summed E-state index contributed by atoms with van der Waals surface area (Å²) in [4.78, 5) is 14.1. The van der Waals surface area contributed by atoms with Crippen molar-refractivity contribution in [3.63, 3.8) is 0 Å². The molecule has 2 N–H and O–H groups in total. The number of nitrogens with two attached hydrogens (primary N) is 1. The number of fused-ring (bicyclic) bond motifs is 1. The van der Waals surface area contributed by atoms with Crippen molar-refractivity contribution in [1.29, 1.82) is 0 Å². The van der Waals surface area contributed by atoms with Gasteiger partial charge in [0.2, 0.25) is 5.91 Å². The van der Waals surface area contributed by atoms with Crippen LogP contribution < -0.4 is 15.4 Å². The third kappa shape index (κ3) is 2.79. The number of amides is 1. The highest BCUT2D eigenvalue weighted by atomic mass is 16.5. The first-order valence-corrected chi connectivity index (χ1v) is 6.52. The van der Waals surface area contributed by atoms with Gasteiger partial charge in [-0.05, 0) is 43.0 Å². The lowest BCUT2D eigenvalue weighted by Crippen LogP contribution is -2.45. The summed E-state index contributed by atoms with van der Waals surface area (Å²) in [6, 6.07) is 5.30. The number of aryl methyl sites for hydroxylation is 1. The summed E-state index contributed by atoms with van der Waals surface area (Å²) in [5.74, 6) is 0.787. The molecule has 0 aromatic heterocycles. The number of carbonyl (C=O) groups excluding carboxylic acids is 1. The van der Waals surface area contributed by atoms with E-state index < -0.39 is 6.04 Å². The highest BCUT2D eigenvalue weighted by molar-refractivity contribution is 5.98. The third-order valence-electron chi connectivity index (χ3n) is 3.41. The number of carbonyl (C=O) groups is 1. The zero-order chi connectivity index (χ0) is 13.8. The van der Waals surface area contributed by atoms with Crippen LogP contribution in [0.1, 0.15) is 18.4 Å². The first kappa shape index (κ1) is 13.6. The average Bonchev–Trinajstić information content (AvgIpc) is 2.45. The number of nitrogens with zero attached hydrogens (tertiary/aromatic N) is 1. The molecule has 0 radical (unpaired) electrons. The van der Waals surface area contributed by atoms with Crippen molar-refractivity contribution in [1.82, 2.24) is 0 Å². The van der Waals surface area contributed by atoms with Crippen molar-refractivity contribution in [3.8, 4) is 5.75 Å². The summed E-state index contributed by atoms with van der Waals surface area (Å²) in [6.07, 6.45) is 4.10. The Bertz CT molecular complexity index is 485. The van der Waals surface area contributed by atoms with E-state index >= 15 is 0 Å². The molecule has 1 aliphatic heterocycles. The molecule has 1 heterocycles. The van der Waals surface area contributed by atoms with Gasteiger partial charge in [0.15, 0.2) is 0 Å². The molecule has 19 heavy (non-hydrogen) atoms. The zero-order valence-corrected chi connectivity index (χ0v) is 11.3. The summed E-state index contributed by atoms with van der Waals surface area (Å²) < 4.78 is 5.22. The Morgan fingerprint density at radius 3 is 3.11 bits per heavy atom. The molecule has 0 spiro atoms. The van der Waals surface area contributed by atoms with Gasteiger partial charge in [-0.1, -0.05) is 6.08 Å². The standard InChI is InChI=1S/C15H20N2O2/c1-3-5-13(16)15(18)17-9-4-6-11-10-12(19-2)7-8-14(11)17/h3,7-8,10,13H,1,4-6,9,16H2,2H3. The van der Waals surface area contributed by atoms with Gasteiger partial charge in [-0.25, -0.2) is 0 Å². The van der Waals surface area contributed by atoms with Crippen LogP contribution in [0, 0.1) is 0 Å². The van der Waals surface area contributed by atoms with Crippen LogP contribution in [0.15, 0.2) is 30.9 Å². The monoisotopic (exact) mass is 260 g/mol. The molecule has 0 aliphatic carbocycles. The van der Waals surface area contributed by atoms with Crippen molar-refractivity contribution < 1.29 is 9.53 Å². The maximum Gasteiger partial charge on any atom is 0.244 e. The lowest BCUT2D eigenvalue weighted by Gasteiger charge is -2.31. The van der Waals surface area contributed by atoms with Gasteiger partial charge >= 0.3 is 0 Å². The highest BCUT2D eigenvalue weighted by Gasteiger charge is 2.26. The second kappa shape index (κ2) is 5.89. The molecule has 2 rings (SSSR count). The van der Waals surface area contributed by atoms with Crippen LogP contribution >= 0.6 is 0 Å². The number of ether oxygens (including phenoxy) is 1. The summed E-state index contributed by atoms with van der Waals surface area (Å²) in [6.45, 7) is 4.35. The first-order valence-electron chi connectivity index (χ1n) is 6.52. The quantitative estimate of drug-likeness (QED) is 0.841. The molecule has 0 saturated carbocycles. The lowest BCUT2D eigenvalue weighted by molar-refractivity contribution is -0.119. The van der Waals surface area contributed by atoms with Gasteiger partial charge in [-0.3, -0.25) is 4.79 Å². The number of hydrogen-bond donors (Lipinski definition) is 1. The summed E-state index contributed by atoms with van der Waals surface area (Å²) in [5, 5.41) is 0. The predicted octanol–water partition coefficient (Wildman–Crippen LogP) is 1.88. The largest absolute Gasteiger partial charge is 0.497 e. The van der Waals surface area contributed by atoms with Gasteiger partial charge in [0.05, 0.1) is 13.2 Å². The van der Waals surface area contributed by atoms with E-state index in [1.54, 1.807) is 18.1 Å². The Morgan fingerprint density at radius 1 is 1.63 bits per heavy atom. The summed E-state index contributed by atoms with van der Waals surface area (Å²) >= 11 is 0. The fourth-order valence-corrected chi connectivity index (χ4v) is 2.41. The van der Waals surface area contributed by atoms with Crippen LogP contribution in [-0.4, -0.2) is 25.6 Å².